The van der Waals surface area contributed by atoms with Crippen molar-refractivity contribution in [3.63, 3.8) is 0 Å². The van der Waals surface area contributed by atoms with Crippen LogP contribution in [0.25, 0.3) is 0 Å². The molecule has 2 rings (SSSR count). The molecule has 0 fully saturated rings. The monoisotopic (exact) mass is 297 g/mol. The highest BCUT2D eigenvalue weighted by molar-refractivity contribution is 7.89. The van der Waals surface area contributed by atoms with Gasteiger partial charge in [0.2, 0.25) is 10.0 Å². The van der Waals surface area contributed by atoms with Gasteiger partial charge >= 0.3 is 0 Å². The number of benzene rings is 2. The van der Waals surface area contributed by atoms with E-state index >= 15 is 0 Å². The summed E-state index contributed by atoms with van der Waals surface area (Å²) in [6.45, 7) is 0. The normalized spacial score (nSPS) is 11.3. The SMILES string of the molecule is Nc1c(Nc2cccc(Cl)c2)cccc1S(N)(=O)=O. The van der Waals surface area contributed by atoms with Crippen LogP contribution in [0, 0.1) is 0 Å². The first-order valence-corrected chi connectivity index (χ1v) is 7.24. The standard InChI is InChI=1S/C12H12ClN3O2S/c13-8-3-1-4-9(7-8)16-10-5-2-6-11(12(10)14)19(15,17)18/h1-7,16H,14H2,(H2,15,17,18). The molecule has 0 saturated heterocycles. The zero-order valence-corrected chi connectivity index (χ0v) is 11.4. The van der Waals surface area contributed by atoms with E-state index in [4.69, 9.17) is 22.5 Å². The van der Waals surface area contributed by atoms with Crippen molar-refractivity contribution in [2.45, 2.75) is 4.90 Å². The average Bonchev–Trinajstić information content (AvgIpc) is 2.30. The molecule has 0 bridgehead atoms. The van der Waals surface area contributed by atoms with Crippen LogP contribution in [-0.2, 0) is 10.0 Å². The number of halogens is 1. The van der Waals surface area contributed by atoms with Crippen LogP contribution in [0.1, 0.15) is 0 Å². The van der Waals surface area contributed by atoms with Crippen molar-refractivity contribution in [2.24, 2.45) is 5.14 Å². The summed E-state index contributed by atoms with van der Waals surface area (Å²) in [4.78, 5) is -0.112. The fourth-order valence-corrected chi connectivity index (χ4v) is 2.50. The van der Waals surface area contributed by atoms with Gasteiger partial charge in [0.15, 0.2) is 0 Å². The van der Waals surface area contributed by atoms with E-state index in [0.717, 1.165) is 0 Å². The Hall–Kier alpha value is -1.76. The fourth-order valence-electron chi connectivity index (χ4n) is 1.62. The van der Waals surface area contributed by atoms with Crippen LogP contribution in [-0.4, -0.2) is 8.42 Å². The van der Waals surface area contributed by atoms with Crippen molar-refractivity contribution in [2.75, 3.05) is 11.1 Å². The topological polar surface area (TPSA) is 98.2 Å². The van der Waals surface area contributed by atoms with Gasteiger partial charge < -0.3 is 11.1 Å². The molecule has 0 aromatic heterocycles. The Bertz CT molecular complexity index is 717. The highest BCUT2D eigenvalue weighted by Crippen LogP contribution is 2.29. The first-order chi connectivity index (χ1) is 8.88. The first kappa shape index (κ1) is 13.7. The molecule has 0 aliphatic carbocycles. The lowest BCUT2D eigenvalue weighted by Gasteiger charge is -2.12. The van der Waals surface area contributed by atoms with Gasteiger partial charge in [0.25, 0.3) is 0 Å². The van der Waals surface area contributed by atoms with Gasteiger partial charge in [0.1, 0.15) is 4.90 Å². The number of primary sulfonamides is 1. The third-order valence-electron chi connectivity index (χ3n) is 2.48. The molecular formula is C12H12ClN3O2S. The van der Waals surface area contributed by atoms with E-state index in [1.165, 1.54) is 6.07 Å². The van der Waals surface area contributed by atoms with Crippen LogP contribution in [0.4, 0.5) is 17.1 Å². The molecule has 0 atom stereocenters. The Labute approximate surface area is 116 Å². The molecule has 5 N–H and O–H groups in total. The molecule has 0 heterocycles. The lowest BCUT2D eigenvalue weighted by molar-refractivity contribution is 0.598. The number of hydrogen-bond acceptors (Lipinski definition) is 4. The second kappa shape index (κ2) is 5.08. The summed E-state index contributed by atoms with van der Waals surface area (Å²) in [6.07, 6.45) is 0. The summed E-state index contributed by atoms with van der Waals surface area (Å²) in [7, 11) is -3.85. The second-order valence-electron chi connectivity index (χ2n) is 3.90. The average molecular weight is 298 g/mol. The van der Waals surface area contributed by atoms with Crippen LogP contribution < -0.4 is 16.2 Å². The number of hydrogen-bond donors (Lipinski definition) is 3. The van der Waals surface area contributed by atoms with Crippen molar-refractivity contribution in [1.82, 2.24) is 0 Å². The smallest absolute Gasteiger partial charge is 0.240 e. The summed E-state index contributed by atoms with van der Waals surface area (Å²) in [6, 6.07) is 11.6. The lowest BCUT2D eigenvalue weighted by Crippen LogP contribution is -2.15. The Morgan fingerprint density at radius 1 is 1.11 bits per heavy atom. The van der Waals surface area contributed by atoms with E-state index in [-0.39, 0.29) is 10.6 Å². The lowest BCUT2D eigenvalue weighted by atomic mass is 10.2. The van der Waals surface area contributed by atoms with Crippen molar-refractivity contribution in [3.8, 4) is 0 Å². The predicted octanol–water partition coefficient (Wildman–Crippen LogP) is 2.31. The Morgan fingerprint density at radius 2 is 1.79 bits per heavy atom. The van der Waals surface area contributed by atoms with E-state index in [1.54, 1.807) is 36.4 Å². The quantitative estimate of drug-likeness (QED) is 0.757. The highest BCUT2D eigenvalue weighted by atomic mass is 35.5. The summed E-state index contributed by atoms with van der Waals surface area (Å²) in [5, 5.41) is 8.64. The number of nitrogen functional groups attached to an aromatic ring is 1. The Balaban J connectivity index is 2.42. The minimum atomic E-state index is -3.85. The van der Waals surface area contributed by atoms with Crippen molar-refractivity contribution in [3.05, 3.63) is 47.5 Å². The minimum Gasteiger partial charge on any atom is -0.396 e. The van der Waals surface area contributed by atoms with Gasteiger partial charge in [0.05, 0.1) is 11.4 Å². The Morgan fingerprint density at radius 3 is 2.42 bits per heavy atom. The van der Waals surface area contributed by atoms with E-state index < -0.39 is 10.0 Å². The molecule has 19 heavy (non-hydrogen) atoms. The molecule has 7 heteroatoms. The summed E-state index contributed by atoms with van der Waals surface area (Å²) < 4.78 is 22.7. The number of nitrogens with two attached hydrogens (primary N) is 2. The van der Waals surface area contributed by atoms with Crippen molar-refractivity contribution < 1.29 is 8.42 Å². The molecule has 0 amide bonds. The molecule has 5 nitrogen and oxygen atoms in total. The third kappa shape index (κ3) is 3.17. The van der Waals surface area contributed by atoms with Gasteiger partial charge in [0, 0.05) is 10.7 Å². The zero-order chi connectivity index (χ0) is 14.0. The van der Waals surface area contributed by atoms with Crippen molar-refractivity contribution in [1.29, 1.82) is 0 Å². The van der Waals surface area contributed by atoms with E-state index in [1.807, 2.05) is 0 Å². The first-order valence-electron chi connectivity index (χ1n) is 5.32. The minimum absolute atomic E-state index is 0.0741. The summed E-state index contributed by atoms with van der Waals surface area (Å²) in [5.74, 6) is 0. The number of anilines is 3. The van der Waals surface area contributed by atoms with Crippen molar-refractivity contribution >= 4 is 38.7 Å². The molecule has 0 unspecified atom stereocenters. The summed E-state index contributed by atoms with van der Waals surface area (Å²) >= 11 is 5.87. The molecular weight excluding hydrogens is 286 g/mol. The number of nitrogens with one attached hydrogen (secondary N) is 1. The third-order valence-corrected chi connectivity index (χ3v) is 3.68. The fraction of sp³-hybridized carbons (Fsp3) is 0. The van der Waals surface area contributed by atoms with Crippen LogP contribution in [0.15, 0.2) is 47.4 Å². The van der Waals surface area contributed by atoms with Gasteiger partial charge in [-0.05, 0) is 30.3 Å². The van der Waals surface area contributed by atoms with Crippen LogP contribution in [0.5, 0.6) is 0 Å². The van der Waals surface area contributed by atoms with Crippen LogP contribution in [0.3, 0.4) is 0 Å². The largest absolute Gasteiger partial charge is 0.396 e. The maximum atomic E-state index is 11.4. The zero-order valence-electron chi connectivity index (χ0n) is 9.80. The molecule has 2 aromatic carbocycles. The van der Waals surface area contributed by atoms with Gasteiger partial charge in [-0.3, -0.25) is 0 Å². The summed E-state index contributed by atoms with van der Waals surface area (Å²) in [5.41, 5.74) is 7.03. The number of rotatable bonds is 3. The predicted molar refractivity (Wildman–Crippen MR) is 77.0 cm³/mol. The molecule has 2 aromatic rings. The molecule has 0 radical (unpaired) electrons. The van der Waals surface area contributed by atoms with Gasteiger partial charge in [-0.1, -0.05) is 23.7 Å². The highest BCUT2D eigenvalue weighted by Gasteiger charge is 2.14. The molecule has 0 aliphatic heterocycles. The second-order valence-corrected chi connectivity index (χ2v) is 5.86. The number of sulfonamides is 1. The molecule has 0 saturated carbocycles. The van der Waals surface area contributed by atoms with Gasteiger partial charge in [-0.2, -0.15) is 0 Å². The van der Waals surface area contributed by atoms with Crippen LogP contribution in [0.2, 0.25) is 5.02 Å². The van der Waals surface area contributed by atoms with Gasteiger partial charge in [-0.25, -0.2) is 13.6 Å². The van der Waals surface area contributed by atoms with E-state index in [9.17, 15) is 8.42 Å². The molecule has 100 valence electrons. The van der Waals surface area contributed by atoms with E-state index in [0.29, 0.717) is 16.4 Å². The maximum Gasteiger partial charge on any atom is 0.240 e. The van der Waals surface area contributed by atoms with Gasteiger partial charge in [-0.15, -0.1) is 0 Å². The molecule has 0 spiro atoms. The maximum absolute atomic E-state index is 11.4. The van der Waals surface area contributed by atoms with Crippen LogP contribution >= 0.6 is 11.6 Å². The number of para-hydroxylation sites is 1. The van der Waals surface area contributed by atoms with E-state index in [2.05, 4.69) is 5.32 Å². The molecule has 0 aliphatic rings. The Kier molecular flexibility index (Phi) is 3.66.